The van der Waals surface area contributed by atoms with Crippen molar-refractivity contribution in [2.75, 3.05) is 0 Å². The lowest BCUT2D eigenvalue weighted by Crippen LogP contribution is -2.19. The Labute approximate surface area is 222 Å². The van der Waals surface area contributed by atoms with Crippen molar-refractivity contribution in [2.24, 2.45) is 4.99 Å². The van der Waals surface area contributed by atoms with Crippen LogP contribution in [0.1, 0.15) is 27.9 Å². The Kier molecular flexibility index (Phi) is 6.41. The number of carbonyl (C=O) groups excluding carboxylic acids is 1. The van der Waals surface area contributed by atoms with E-state index in [-0.39, 0.29) is 5.91 Å². The van der Waals surface area contributed by atoms with E-state index in [4.69, 9.17) is 5.10 Å². The fourth-order valence-corrected chi connectivity index (χ4v) is 5.25. The summed E-state index contributed by atoms with van der Waals surface area (Å²) in [5, 5.41) is 21.9. The van der Waals surface area contributed by atoms with Crippen LogP contribution in [-0.4, -0.2) is 36.3 Å². The van der Waals surface area contributed by atoms with Crippen LogP contribution in [0.5, 0.6) is 0 Å². The van der Waals surface area contributed by atoms with E-state index >= 15 is 0 Å². The molecule has 1 amide bonds. The zero-order chi connectivity index (χ0) is 25.9. The van der Waals surface area contributed by atoms with Crippen LogP contribution in [0, 0.1) is 0 Å². The molecule has 0 saturated heterocycles. The normalized spacial score (nSPS) is 11.8. The third-order valence-corrected chi connectivity index (χ3v) is 7.40. The van der Waals surface area contributed by atoms with Gasteiger partial charge in [0.25, 0.3) is 5.91 Å². The van der Waals surface area contributed by atoms with Crippen molar-refractivity contribution in [1.29, 1.82) is 0 Å². The average Bonchev–Trinajstić information content (AvgIpc) is 3.64. The second-order valence-electron chi connectivity index (χ2n) is 8.73. The fraction of sp³-hybridized carbons (Fsp3) is 0.103. The van der Waals surface area contributed by atoms with E-state index in [2.05, 4.69) is 56.8 Å². The van der Waals surface area contributed by atoms with Gasteiger partial charge in [-0.3, -0.25) is 4.79 Å². The largest absolute Gasteiger partial charge is 0.280 e. The van der Waals surface area contributed by atoms with E-state index in [9.17, 15) is 4.79 Å². The molecule has 2 heterocycles. The maximum atomic E-state index is 13.2. The topological polar surface area (TPSA) is 102 Å². The molecule has 0 aliphatic carbocycles. The molecule has 0 radical (unpaired) electrons. The first-order valence-electron chi connectivity index (χ1n) is 12.3. The average molecular weight is 518 g/mol. The van der Waals surface area contributed by atoms with Crippen LogP contribution >= 0.6 is 11.3 Å². The van der Waals surface area contributed by atoms with Gasteiger partial charge in [0.05, 0.1) is 6.54 Å². The number of nitrogens with one attached hydrogen (secondary N) is 1. The molecule has 0 fully saturated rings. The van der Waals surface area contributed by atoms with Gasteiger partial charge in [0, 0.05) is 11.1 Å². The van der Waals surface area contributed by atoms with Gasteiger partial charge in [-0.2, -0.15) is 10.1 Å². The number of aromatic nitrogens is 6. The quantitative estimate of drug-likeness (QED) is 0.323. The van der Waals surface area contributed by atoms with Crippen LogP contribution in [0.2, 0.25) is 0 Å². The zero-order valence-corrected chi connectivity index (χ0v) is 21.4. The van der Waals surface area contributed by atoms with Crippen LogP contribution in [0.4, 0.5) is 0 Å². The second-order valence-corrected chi connectivity index (χ2v) is 9.77. The lowest BCUT2D eigenvalue weighted by molar-refractivity contribution is 0.0999. The Morgan fingerprint density at radius 2 is 1.68 bits per heavy atom. The first-order valence-corrected chi connectivity index (χ1v) is 13.1. The number of hydrogen-bond acceptors (Lipinski definition) is 6. The van der Waals surface area contributed by atoms with E-state index in [1.54, 1.807) is 0 Å². The Morgan fingerprint density at radius 3 is 2.47 bits per heavy atom. The molecule has 0 bridgehead atoms. The van der Waals surface area contributed by atoms with E-state index in [1.807, 2.05) is 71.4 Å². The van der Waals surface area contributed by atoms with Crippen LogP contribution in [0.25, 0.3) is 33.3 Å². The molecule has 2 aromatic heterocycles. The van der Waals surface area contributed by atoms with Crippen molar-refractivity contribution >= 4 is 28.0 Å². The highest BCUT2D eigenvalue weighted by atomic mass is 32.1. The van der Waals surface area contributed by atoms with Gasteiger partial charge in [-0.1, -0.05) is 103 Å². The molecule has 1 N–H and O–H groups in total. The molecule has 8 nitrogen and oxygen atoms in total. The van der Waals surface area contributed by atoms with Gasteiger partial charge >= 0.3 is 0 Å². The summed E-state index contributed by atoms with van der Waals surface area (Å²) in [6.45, 7) is 2.56. The summed E-state index contributed by atoms with van der Waals surface area (Å²) >= 11 is 1.45. The summed E-state index contributed by atoms with van der Waals surface area (Å²) in [7, 11) is 0. The van der Waals surface area contributed by atoms with Crippen LogP contribution < -0.4 is 4.80 Å². The Morgan fingerprint density at radius 1 is 0.921 bits per heavy atom. The summed E-state index contributed by atoms with van der Waals surface area (Å²) in [5.74, 6) is 0.354. The molecule has 9 heteroatoms. The molecule has 6 aromatic rings. The minimum absolute atomic E-state index is 0.268. The van der Waals surface area contributed by atoms with Crippen molar-refractivity contribution in [2.45, 2.75) is 19.9 Å². The minimum Gasteiger partial charge on any atom is -0.267 e. The molecule has 6 rings (SSSR count). The summed E-state index contributed by atoms with van der Waals surface area (Å²) in [6.07, 6.45) is 0.773. The van der Waals surface area contributed by atoms with Gasteiger partial charge in [0.15, 0.2) is 5.82 Å². The van der Waals surface area contributed by atoms with Crippen molar-refractivity contribution < 1.29 is 4.79 Å². The highest BCUT2D eigenvalue weighted by Crippen LogP contribution is 2.29. The fourth-order valence-electron chi connectivity index (χ4n) is 4.42. The van der Waals surface area contributed by atoms with Crippen LogP contribution in [-0.2, 0) is 13.0 Å². The monoisotopic (exact) mass is 517 g/mol. The van der Waals surface area contributed by atoms with Crippen molar-refractivity contribution in [3.63, 3.8) is 0 Å². The minimum atomic E-state index is -0.268. The molecular weight excluding hydrogens is 494 g/mol. The first-order chi connectivity index (χ1) is 18.7. The Hall–Kier alpha value is -4.76. The Bertz CT molecular complexity index is 1800. The van der Waals surface area contributed by atoms with E-state index in [0.717, 1.165) is 44.5 Å². The van der Waals surface area contributed by atoms with Gasteiger partial charge in [0.2, 0.25) is 4.80 Å². The lowest BCUT2D eigenvalue weighted by atomic mass is 9.98. The molecule has 0 atom stereocenters. The highest BCUT2D eigenvalue weighted by molar-refractivity contribution is 7.08. The predicted octanol–water partition coefficient (Wildman–Crippen LogP) is 5.30. The summed E-state index contributed by atoms with van der Waals surface area (Å²) in [6, 6.07) is 29.8. The number of benzene rings is 4. The smallest absolute Gasteiger partial charge is 0.267 e. The predicted molar refractivity (Wildman–Crippen MR) is 147 cm³/mol. The molecule has 186 valence electrons. The molecule has 0 aliphatic rings. The standard InChI is InChI=1S/C29H23N7OS/c1-2-26-33-36(29(38-26)30-28(37)25-13-7-9-20-8-3-4-11-23(20)25)18-19-14-16-21(17-15-19)22-10-5-6-12-24(22)27-31-34-35-32-27/h3-17H,2,18H2,1H3,(H,31,32,34,35). The number of hydrogen-bond donors (Lipinski definition) is 1. The molecule has 0 unspecified atom stereocenters. The molecule has 0 aliphatic heterocycles. The second kappa shape index (κ2) is 10.3. The number of nitrogens with zero attached hydrogens (tertiary/aromatic N) is 6. The summed E-state index contributed by atoms with van der Waals surface area (Å²) in [4.78, 5) is 18.3. The summed E-state index contributed by atoms with van der Waals surface area (Å²) < 4.78 is 1.82. The number of tetrazole rings is 1. The summed E-state index contributed by atoms with van der Waals surface area (Å²) in [5.41, 5.74) is 4.66. The zero-order valence-electron chi connectivity index (χ0n) is 20.6. The van der Waals surface area contributed by atoms with Crippen molar-refractivity contribution in [1.82, 2.24) is 30.4 Å². The third-order valence-electron chi connectivity index (χ3n) is 6.31. The molecule has 0 spiro atoms. The van der Waals surface area contributed by atoms with Gasteiger partial charge < -0.3 is 0 Å². The number of amides is 1. The number of aromatic amines is 1. The molecule has 4 aromatic carbocycles. The molecular formula is C29H23N7OS. The number of aryl methyl sites for hydroxylation is 1. The van der Waals surface area contributed by atoms with Gasteiger partial charge in [-0.25, -0.2) is 9.78 Å². The number of carbonyl (C=O) groups is 1. The number of fused-ring (bicyclic) bond motifs is 1. The Balaban J connectivity index is 1.31. The van der Waals surface area contributed by atoms with Gasteiger partial charge in [0.1, 0.15) is 5.01 Å². The maximum Gasteiger partial charge on any atom is 0.280 e. The number of H-pyrrole nitrogens is 1. The van der Waals surface area contributed by atoms with Crippen LogP contribution in [0.15, 0.2) is 96.0 Å². The lowest BCUT2D eigenvalue weighted by Gasteiger charge is -2.08. The van der Waals surface area contributed by atoms with E-state index < -0.39 is 0 Å². The first kappa shape index (κ1) is 23.6. The van der Waals surface area contributed by atoms with Crippen LogP contribution in [0.3, 0.4) is 0 Å². The third kappa shape index (κ3) is 4.67. The number of rotatable bonds is 6. The van der Waals surface area contributed by atoms with Crippen molar-refractivity contribution in [3.05, 3.63) is 112 Å². The maximum absolute atomic E-state index is 13.2. The molecule has 0 saturated carbocycles. The van der Waals surface area contributed by atoms with Gasteiger partial charge in [-0.15, -0.1) is 5.10 Å². The van der Waals surface area contributed by atoms with E-state index in [0.29, 0.717) is 22.7 Å². The SMILES string of the molecule is CCc1nn(Cc2ccc(-c3ccccc3-c3nnn[nH]3)cc2)c(=NC(=O)c2cccc3ccccc23)s1. The van der Waals surface area contributed by atoms with Gasteiger partial charge in [-0.05, 0) is 50.4 Å². The van der Waals surface area contributed by atoms with E-state index in [1.165, 1.54) is 11.3 Å². The molecule has 38 heavy (non-hydrogen) atoms. The highest BCUT2D eigenvalue weighted by Gasteiger charge is 2.13. The van der Waals surface area contributed by atoms with Crippen molar-refractivity contribution in [3.8, 4) is 22.5 Å².